The smallest absolute Gasteiger partial charge is 0.305 e. The van der Waals surface area contributed by atoms with E-state index in [9.17, 15) is 9.59 Å². The molecule has 0 saturated carbocycles. The van der Waals surface area contributed by atoms with Gasteiger partial charge in [-0.05, 0) is 19.8 Å². The summed E-state index contributed by atoms with van der Waals surface area (Å²) in [7, 11) is 0. The Hall–Kier alpha value is -0.860. The summed E-state index contributed by atoms with van der Waals surface area (Å²) < 4.78 is 5.08. The summed E-state index contributed by atoms with van der Waals surface area (Å²) in [4.78, 5) is 21.9. The lowest BCUT2D eigenvalue weighted by Crippen LogP contribution is -2.06. The molecule has 0 aliphatic heterocycles. The summed E-state index contributed by atoms with van der Waals surface area (Å²) >= 11 is 0. The van der Waals surface area contributed by atoms with Crippen molar-refractivity contribution in [1.29, 1.82) is 0 Å². The van der Waals surface area contributed by atoms with E-state index >= 15 is 0 Å². The second-order valence-corrected chi connectivity index (χ2v) is 4.54. The zero-order valence-electron chi connectivity index (χ0n) is 11.3. The van der Waals surface area contributed by atoms with E-state index in [4.69, 9.17) is 4.74 Å². The van der Waals surface area contributed by atoms with E-state index in [1.54, 1.807) is 6.92 Å². The number of unbranched alkanes of at least 4 members (excludes halogenated alkanes) is 5. The molecule has 0 aliphatic rings. The van der Waals surface area contributed by atoms with Crippen LogP contribution in [0.1, 0.15) is 71.6 Å². The summed E-state index contributed by atoms with van der Waals surface area (Å²) in [5, 5.41) is 0. The van der Waals surface area contributed by atoms with Gasteiger partial charge in [0.15, 0.2) is 0 Å². The minimum Gasteiger partial charge on any atom is -0.466 e. The molecule has 17 heavy (non-hydrogen) atoms. The van der Waals surface area contributed by atoms with Crippen LogP contribution in [0.15, 0.2) is 0 Å². The van der Waals surface area contributed by atoms with Crippen LogP contribution in [0.5, 0.6) is 0 Å². The molecule has 0 rings (SSSR count). The first-order valence-electron chi connectivity index (χ1n) is 6.82. The minimum absolute atomic E-state index is 0.133. The van der Waals surface area contributed by atoms with Gasteiger partial charge in [0.2, 0.25) is 0 Å². The third-order valence-corrected chi connectivity index (χ3v) is 2.67. The van der Waals surface area contributed by atoms with Crippen molar-refractivity contribution in [3.63, 3.8) is 0 Å². The number of carbonyl (C=O) groups is 2. The maximum Gasteiger partial charge on any atom is 0.305 e. The first-order valence-corrected chi connectivity index (χ1v) is 6.82. The van der Waals surface area contributed by atoms with Crippen molar-refractivity contribution in [3.05, 3.63) is 0 Å². The van der Waals surface area contributed by atoms with Crippen LogP contribution in [-0.2, 0) is 14.3 Å². The van der Waals surface area contributed by atoms with Gasteiger partial charge in [-0.2, -0.15) is 0 Å². The summed E-state index contributed by atoms with van der Waals surface area (Å²) in [5.41, 5.74) is 0. The fourth-order valence-corrected chi connectivity index (χ4v) is 1.62. The van der Waals surface area contributed by atoms with Crippen molar-refractivity contribution in [2.45, 2.75) is 71.6 Å². The third kappa shape index (κ3) is 13.1. The van der Waals surface area contributed by atoms with E-state index in [1.165, 1.54) is 25.7 Å². The highest BCUT2D eigenvalue weighted by atomic mass is 16.5. The summed E-state index contributed by atoms with van der Waals surface area (Å²) in [6, 6.07) is 0. The van der Waals surface area contributed by atoms with Crippen molar-refractivity contribution in [3.8, 4) is 0 Å². The fraction of sp³-hybridized carbons (Fsp3) is 0.857. The Kier molecular flexibility index (Phi) is 11.0. The van der Waals surface area contributed by atoms with Crippen LogP contribution in [0.2, 0.25) is 0 Å². The molecule has 3 heteroatoms. The highest BCUT2D eigenvalue weighted by molar-refractivity contribution is 5.76. The molecule has 0 radical (unpaired) electrons. The van der Waals surface area contributed by atoms with E-state index in [-0.39, 0.29) is 11.8 Å². The van der Waals surface area contributed by atoms with Gasteiger partial charge in [-0.3, -0.25) is 4.79 Å². The van der Waals surface area contributed by atoms with Crippen LogP contribution >= 0.6 is 0 Å². The van der Waals surface area contributed by atoms with Crippen molar-refractivity contribution in [2.24, 2.45) is 0 Å². The molecule has 0 atom stereocenters. The van der Waals surface area contributed by atoms with Crippen LogP contribution < -0.4 is 0 Å². The van der Waals surface area contributed by atoms with E-state index in [0.717, 1.165) is 12.8 Å². The van der Waals surface area contributed by atoms with Crippen LogP contribution in [0.4, 0.5) is 0 Å². The van der Waals surface area contributed by atoms with Crippen LogP contribution in [0.3, 0.4) is 0 Å². The fourth-order valence-electron chi connectivity index (χ4n) is 1.62. The molecule has 0 aromatic heterocycles. The number of ketones is 1. The molecule has 100 valence electrons. The lowest BCUT2D eigenvalue weighted by molar-refractivity contribution is -0.143. The van der Waals surface area contributed by atoms with Gasteiger partial charge in [-0.15, -0.1) is 0 Å². The maximum atomic E-state index is 11.2. The Morgan fingerprint density at radius 3 is 2.18 bits per heavy atom. The van der Waals surface area contributed by atoms with Gasteiger partial charge in [0.05, 0.1) is 6.61 Å². The van der Waals surface area contributed by atoms with Gasteiger partial charge in [-0.25, -0.2) is 0 Å². The number of rotatable bonds is 11. The first-order chi connectivity index (χ1) is 8.16. The molecule has 0 saturated heterocycles. The highest BCUT2D eigenvalue weighted by Gasteiger charge is 2.03. The zero-order chi connectivity index (χ0) is 12.9. The molecule has 0 aromatic rings. The number of ether oxygens (including phenoxy) is 1. The summed E-state index contributed by atoms with van der Waals surface area (Å²) in [6.07, 6.45) is 8.63. The number of esters is 1. The number of Topliss-reactive ketones (excluding diaryl/α,β-unsaturated/α-hetero) is 1. The Labute approximate surface area is 105 Å². The standard InChI is InChI=1S/C14H26O3/c1-3-4-5-6-7-8-12-17-14(16)11-9-10-13(2)15/h3-12H2,1-2H3. The third-order valence-electron chi connectivity index (χ3n) is 2.67. The molecule has 0 amide bonds. The molecule has 0 heterocycles. The Bertz CT molecular complexity index is 212. The molecule has 3 nitrogen and oxygen atoms in total. The zero-order valence-corrected chi connectivity index (χ0v) is 11.3. The van der Waals surface area contributed by atoms with Gasteiger partial charge < -0.3 is 9.53 Å². The van der Waals surface area contributed by atoms with Gasteiger partial charge >= 0.3 is 5.97 Å². The number of carbonyl (C=O) groups excluding carboxylic acids is 2. The molecule has 0 aromatic carbocycles. The van der Waals surface area contributed by atoms with Gasteiger partial charge in [0.25, 0.3) is 0 Å². The predicted octanol–water partition coefficient (Wildman–Crippen LogP) is 3.65. The van der Waals surface area contributed by atoms with E-state index in [1.807, 2.05) is 0 Å². The molecule has 0 spiro atoms. The summed E-state index contributed by atoms with van der Waals surface area (Å²) in [6.45, 7) is 4.27. The lowest BCUT2D eigenvalue weighted by Gasteiger charge is -2.04. The minimum atomic E-state index is -0.167. The molecule has 0 unspecified atom stereocenters. The van der Waals surface area contributed by atoms with Crippen LogP contribution in [0, 0.1) is 0 Å². The second-order valence-electron chi connectivity index (χ2n) is 4.54. The highest BCUT2D eigenvalue weighted by Crippen LogP contribution is 2.05. The SMILES string of the molecule is CCCCCCCCOC(=O)CCCC(C)=O. The summed E-state index contributed by atoms with van der Waals surface area (Å²) in [5.74, 6) is -0.0338. The molecular weight excluding hydrogens is 216 g/mol. The Morgan fingerprint density at radius 1 is 0.882 bits per heavy atom. The van der Waals surface area contributed by atoms with E-state index in [0.29, 0.717) is 25.9 Å². The second kappa shape index (κ2) is 11.6. The topological polar surface area (TPSA) is 43.4 Å². The van der Waals surface area contributed by atoms with Crippen LogP contribution in [0.25, 0.3) is 0 Å². The van der Waals surface area contributed by atoms with Crippen molar-refractivity contribution < 1.29 is 14.3 Å². The van der Waals surface area contributed by atoms with Crippen molar-refractivity contribution in [1.82, 2.24) is 0 Å². The maximum absolute atomic E-state index is 11.2. The molecule has 0 N–H and O–H groups in total. The molecule has 0 fully saturated rings. The van der Waals surface area contributed by atoms with Gasteiger partial charge in [0, 0.05) is 12.8 Å². The monoisotopic (exact) mass is 242 g/mol. The largest absolute Gasteiger partial charge is 0.466 e. The normalized spacial score (nSPS) is 10.2. The average Bonchev–Trinajstić information content (AvgIpc) is 2.27. The quantitative estimate of drug-likeness (QED) is 0.410. The molecule has 0 aliphatic carbocycles. The van der Waals surface area contributed by atoms with Gasteiger partial charge in [-0.1, -0.05) is 39.0 Å². The molecular formula is C14H26O3. The van der Waals surface area contributed by atoms with Crippen molar-refractivity contribution in [2.75, 3.05) is 6.61 Å². The van der Waals surface area contributed by atoms with E-state index in [2.05, 4.69) is 6.92 Å². The Morgan fingerprint density at radius 2 is 1.53 bits per heavy atom. The predicted molar refractivity (Wildman–Crippen MR) is 68.9 cm³/mol. The molecule has 0 bridgehead atoms. The van der Waals surface area contributed by atoms with E-state index < -0.39 is 0 Å². The van der Waals surface area contributed by atoms with Crippen molar-refractivity contribution >= 4 is 11.8 Å². The first kappa shape index (κ1) is 16.1. The van der Waals surface area contributed by atoms with Gasteiger partial charge in [0.1, 0.15) is 5.78 Å². The lowest BCUT2D eigenvalue weighted by atomic mass is 10.1. The number of hydrogen-bond acceptors (Lipinski definition) is 3. The average molecular weight is 242 g/mol. The Balaban J connectivity index is 3.19. The van der Waals surface area contributed by atoms with Crippen LogP contribution in [-0.4, -0.2) is 18.4 Å². The number of hydrogen-bond donors (Lipinski definition) is 0.